The molecule has 0 N–H and O–H groups in total. The van der Waals surface area contributed by atoms with Crippen molar-refractivity contribution in [2.75, 3.05) is 0 Å². The first-order valence-corrected chi connectivity index (χ1v) is 6.00. The Kier molecular flexibility index (Phi) is 2.41. The molecule has 0 atom stereocenters. The third-order valence-electron chi connectivity index (χ3n) is 2.79. The van der Waals surface area contributed by atoms with Gasteiger partial charge in [0.2, 0.25) is 0 Å². The molecule has 0 spiro atoms. The number of benzene rings is 1. The van der Waals surface area contributed by atoms with Crippen LogP contribution in [0.15, 0.2) is 30.6 Å². The van der Waals surface area contributed by atoms with Crippen LogP contribution in [-0.2, 0) is 0 Å². The zero-order valence-electron chi connectivity index (χ0n) is 8.53. The fraction of sp³-hybridized carbons (Fsp3) is 0.250. The highest BCUT2D eigenvalue weighted by atomic mass is 35.5. The molecule has 0 bridgehead atoms. The van der Waals surface area contributed by atoms with Crippen LogP contribution in [0.25, 0.3) is 5.69 Å². The lowest BCUT2D eigenvalue weighted by atomic mass is 10.3. The zero-order chi connectivity index (χ0) is 11.1. The summed E-state index contributed by atoms with van der Waals surface area (Å²) in [5, 5.41) is 1.16. The molecule has 1 saturated carbocycles. The maximum absolute atomic E-state index is 6.01. The van der Waals surface area contributed by atoms with Gasteiger partial charge in [0.1, 0.15) is 5.82 Å². The summed E-state index contributed by atoms with van der Waals surface area (Å²) in [5.74, 6) is 1.74. The van der Waals surface area contributed by atoms with Crippen molar-refractivity contribution in [1.29, 1.82) is 0 Å². The van der Waals surface area contributed by atoms with Gasteiger partial charge in [-0.05, 0) is 31.0 Å². The van der Waals surface area contributed by atoms with Crippen LogP contribution in [0.5, 0.6) is 0 Å². The second-order valence-electron chi connectivity index (χ2n) is 4.03. The molecule has 82 valence electrons. The highest BCUT2D eigenvalue weighted by Gasteiger charge is 2.28. The summed E-state index contributed by atoms with van der Waals surface area (Å²) < 4.78 is 2.08. The van der Waals surface area contributed by atoms with E-state index in [0.717, 1.165) is 11.5 Å². The van der Waals surface area contributed by atoms with Crippen LogP contribution in [0.4, 0.5) is 0 Å². The van der Waals surface area contributed by atoms with Crippen molar-refractivity contribution < 1.29 is 0 Å². The Balaban J connectivity index is 2.07. The second-order valence-corrected chi connectivity index (χ2v) is 4.84. The molecule has 0 unspecified atom stereocenters. The number of hydrogen-bond donors (Lipinski definition) is 0. The molecule has 0 aliphatic heterocycles. The molecule has 0 amide bonds. The van der Waals surface area contributed by atoms with Crippen molar-refractivity contribution in [2.45, 2.75) is 18.8 Å². The van der Waals surface area contributed by atoms with Crippen molar-refractivity contribution in [3.05, 3.63) is 46.5 Å². The van der Waals surface area contributed by atoms with E-state index in [1.807, 2.05) is 30.6 Å². The average Bonchev–Trinajstić information content (AvgIpc) is 3.01. The molecular weight excluding hydrogens is 243 g/mol. The molecule has 0 radical (unpaired) electrons. The molecule has 4 heteroatoms. The minimum atomic E-state index is 0.578. The lowest BCUT2D eigenvalue weighted by Crippen LogP contribution is -1.98. The van der Waals surface area contributed by atoms with E-state index in [1.165, 1.54) is 12.8 Å². The first-order valence-electron chi connectivity index (χ1n) is 5.24. The maximum Gasteiger partial charge on any atom is 0.116 e. The Morgan fingerprint density at radius 3 is 2.69 bits per heavy atom. The van der Waals surface area contributed by atoms with E-state index in [1.54, 1.807) is 0 Å². The monoisotopic (exact) mass is 252 g/mol. The van der Waals surface area contributed by atoms with E-state index < -0.39 is 0 Å². The molecule has 1 aromatic carbocycles. The van der Waals surface area contributed by atoms with E-state index in [2.05, 4.69) is 9.55 Å². The molecule has 2 aromatic rings. The van der Waals surface area contributed by atoms with Crippen molar-refractivity contribution in [2.24, 2.45) is 0 Å². The number of hydrogen-bond acceptors (Lipinski definition) is 1. The Labute approximate surface area is 104 Å². The largest absolute Gasteiger partial charge is 0.303 e. The molecule has 1 aliphatic rings. The molecule has 16 heavy (non-hydrogen) atoms. The fourth-order valence-corrected chi connectivity index (χ4v) is 2.10. The summed E-state index contributed by atoms with van der Waals surface area (Å²) in [5.41, 5.74) is 1.02. The Bertz CT molecular complexity index is 530. The van der Waals surface area contributed by atoms with E-state index in [4.69, 9.17) is 23.2 Å². The minimum Gasteiger partial charge on any atom is -0.303 e. The summed E-state index contributed by atoms with van der Waals surface area (Å²) in [6.07, 6.45) is 6.26. The first kappa shape index (κ1) is 10.2. The van der Waals surface area contributed by atoms with E-state index in [-0.39, 0.29) is 0 Å². The van der Waals surface area contributed by atoms with Gasteiger partial charge in [-0.15, -0.1) is 0 Å². The van der Waals surface area contributed by atoms with Gasteiger partial charge in [0.25, 0.3) is 0 Å². The Morgan fingerprint density at radius 2 is 2.00 bits per heavy atom. The normalized spacial score (nSPS) is 15.4. The molecule has 2 nitrogen and oxygen atoms in total. The molecule has 0 saturated heterocycles. The maximum atomic E-state index is 6.01. The number of halogens is 2. The number of rotatable bonds is 2. The average molecular weight is 253 g/mol. The first-order chi connectivity index (χ1) is 7.75. The summed E-state index contributed by atoms with van der Waals surface area (Å²) in [7, 11) is 0. The second kappa shape index (κ2) is 3.79. The van der Waals surface area contributed by atoms with Crippen LogP contribution in [0.2, 0.25) is 10.0 Å². The topological polar surface area (TPSA) is 17.8 Å². The molecule has 1 fully saturated rings. The predicted molar refractivity (Wildman–Crippen MR) is 65.6 cm³/mol. The lowest BCUT2D eigenvalue weighted by Gasteiger charge is -2.07. The van der Waals surface area contributed by atoms with Gasteiger partial charge in [-0.2, -0.15) is 0 Å². The van der Waals surface area contributed by atoms with Crippen molar-refractivity contribution in [1.82, 2.24) is 9.55 Å². The molecule has 3 rings (SSSR count). The van der Waals surface area contributed by atoms with Crippen LogP contribution in [0.3, 0.4) is 0 Å². The van der Waals surface area contributed by atoms with Crippen molar-refractivity contribution in [3.8, 4) is 5.69 Å². The number of nitrogens with zero attached hydrogens (tertiary/aromatic N) is 2. The van der Waals surface area contributed by atoms with E-state index in [0.29, 0.717) is 16.0 Å². The van der Waals surface area contributed by atoms with Crippen LogP contribution in [0, 0.1) is 0 Å². The van der Waals surface area contributed by atoms with Gasteiger partial charge in [-0.25, -0.2) is 4.98 Å². The van der Waals surface area contributed by atoms with Gasteiger partial charge in [0.15, 0.2) is 0 Å². The quantitative estimate of drug-likeness (QED) is 0.789. The third kappa shape index (κ3) is 1.72. The summed E-state index contributed by atoms with van der Waals surface area (Å²) in [4.78, 5) is 4.39. The minimum absolute atomic E-state index is 0.578. The third-order valence-corrected chi connectivity index (χ3v) is 3.53. The van der Waals surface area contributed by atoms with Gasteiger partial charge in [0, 0.05) is 24.0 Å². The summed E-state index contributed by atoms with van der Waals surface area (Å²) in [6.45, 7) is 0. The molecule has 1 aliphatic carbocycles. The number of aromatic nitrogens is 2. The van der Waals surface area contributed by atoms with Gasteiger partial charge in [-0.3, -0.25) is 0 Å². The predicted octanol–water partition coefficient (Wildman–Crippen LogP) is 4.06. The highest BCUT2D eigenvalue weighted by Crippen LogP contribution is 2.40. The van der Waals surface area contributed by atoms with Crippen LogP contribution >= 0.6 is 23.2 Å². The van der Waals surface area contributed by atoms with E-state index in [9.17, 15) is 0 Å². The van der Waals surface area contributed by atoms with Gasteiger partial charge < -0.3 is 4.57 Å². The van der Waals surface area contributed by atoms with Crippen LogP contribution in [-0.4, -0.2) is 9.55 Å². The van der Waals surface area contributed by atoms with Gasteiger partial charge >= 0.3 is 0 Å². The smallest absolute Gasteiger partial charge is 0.116 e. The van der Waals surface area contributed by atoms with Crippen molar-refractivity contribution in [3.63, 3.8) is 0 Å². The Morgan fingerprint density at radius 1 is 1.19 bits per heavy atom. The summed E-state index contributed by atoms with van der Waals surface area (Å²) >= 11 is 11.9. The molecule has 1 heterocycles. The number of imidazole rings is 1. The van der Waals surface area contributed by atoms with Crippen LogP contribution < -0.4 is 0 Å². The van der Waals surface area contributed by atoms with Gasteiger partial charge in [0.05, 0.1) is 10.0 Å². The zero-order valence-corrected chi connectivity index (χ0v) is 10.0. The standard InChI is InChI=1S/C12H10Cl2N2/c13-10-4-3-9(7-11(10)14)16-6-5-15-12(16)8-1-2-8/h3-8H,1-2H2. The van der Waals surface area contributed by atoms with E-state index >= 15 is 0 Å². The van der Waals surface area contributed by atoms with Crippen molar-refractivity contribution >= 4 is 23.2 Å². The molecule has 1 aromatic heterocycles. The fourth-order valence-electron chi connectivity index (χ4n) is 1.81. The highest BCUT2D eigenvalue weighted by molar-refractivity contribution is 6.42. The van der Waals surface area contributed by atoms with Crippen LogP contribution in [0.1, 0.15) is 24.6 Å². The summed E-state index contributed by atoms with van der Waals surface area (Å²) in [6, 6.07) is 5.65. The lowest BCUT2D eigenvalue weighted by molar-refractivity contribution is 0.880. The molecular formula is C12H10Cl2N2. The Hall–Kier alpha value is -0.990. The van der Waals surface area contributed by atoms with Gasteiger partial charge in [-0.1, -0.05) is 23.2 Å². The SMILES string of the molecule is Clc1ccc(-n2ccnc2C2CC2)cc1Cl.